The normalized spacial score (nSPS) is 12.5. The van der Waals surface area contributed by atoms with Crippen LogP contribution in [0.5, 0.6) is 0 Å². The van der Waals surface area contributed by atoms with Gasteiger partial charge in [-0.3, -0.25) is 9.59 Å². The van der Waals surface area contributed by atoms with Gasteiger partial charge in [-0.25, -0.2) is 0 Å². The van der Waals surface area contributed by atoms with Crippen molar-refractivity contribution in [1.29, 1.82) is 0 Å². The summed E-state index contributed by atoms with van der Waals surface area (Å²) < 4.78 is 2.70. The Balaban J connectivity index is 1.51. The van der Waals surface area contributed by atoms with Crippen LogP contribution in [0.4, 0.5) is 0 Å². The van der Waals surface area contributed by atoms with E-state index in [1.165, 1.54) is 46.2 Å². The first kappa shape index (κ1) is 26.8. The number of ketones is 2. The van der Waals surface area contributed by atoms with Crippen molar-refractivity contribution < 1.29 is 9.59 Å². The molecule has 4 aromatic carbocycles. The summed E-state index contributed by atoms with van der Waals surface area (Å²) in [5, 5.41) is -0.864. The number of Topliss-reactive ketones (excluding diaryl/α,β-unsaturated/α-hetero) is 2. The molecule has 0 amide bonds. The highest BCUT2D eigenvalue weighted by Crippen LogP contribution is 2.51. The van der Waals surface area contributed by atoms with E-state index in [1.807, 2.05) is 121 Å². The molecule has 2 unspecified atom stereocenters. The number of hydrogen-bond acceptors (Lipinski definition) is 7. The average molecular weight is 587 g/mol. The van der Waals surface area contributed by atoms with Gasteiger partial charge in [0.2, 0.25) is 0 Å². The summed E-state index contributed by atoms with van der Waals surface area (Å²) in [5.74, 6) is 0.0871. The third kappa shape index (κ3) is 6.42. The van der Waals surface area contributed by atoms with Gasteiger partial charge in [0.1, 0.15) is 3.14 Å². The fourth-order valence-electron chi connectivity index (χ4n) is 3.92. The highest BCUT2D eigenvalue weighted by Gasteiger charge is 2.29. The molecule has 0 saturated heterocycles. The first-order valence-electron chi connectivity index (χ1n) is 11.9. The van der Waals surface area contributed by atoms with Gasteiger partial charge in [0, 0.05) is 11.1 Å². The van der Waals surface area contributed by atoms with Crippen molar-refractivity contribution in [2.24, 2.45) is 0 Å². The van der Waals surface area contributed by atoms with Crippen LogP contribution in [-0.2, 0) is 0 Å². The van der Waals surface area contributed by atoms with E-state index >= 15 is 0 Å². The molecule has 1 heterocycles. The Hall–Kier alpha value is -2.81. The number of carbonyl (C=O) groups excluding carboxylic acids is 2. The molecule has 0 bridgehead atoms. The van der Waals surface area contributed by atoms with Crippen LogP contribution in [0.2, 0.25) is 0 Å². The number of rotatable bonds is 10. The quantitative estimate of drug-likeness (QED) is 0.0924. The highest BCUT2D eigenvalue weighted by molar-refractivity contribution is 8.06. The molecule has 5 rings (SSSR count). The molecule has 2 nitrogen and oxygen atoms in total. The van der Waals surface area contributed by atoms with Gasteiger partial charge in [0.05, 0.1) is 18.9 Å². The van der Waals surface area contributed by atoms with Crippen LogP contribution in [0.25, 0.3) is 0 Å². The first-order valence-corrected chi connectivity index (χ1v) is 15.7. The molecular formula is C31H22O2S5. The Kier molecular flexibility index (Phi) is 9.04. The number of carbonyl (C=O) groups is 2. The second kappa shape index (κ2) is 12.8. The number of thioether (sulfide) groups is 2. The molecule has 7 heteroatoms. The van der Waals surface area contributed by atoms with Crippen LogP contribution in [0.15, 0.2) is 130 Å². The standard InChI is InChI=1S/C31H22O2S5/c32-25(21-13-5-1-6-14-21)27(23-17-9-3-10-18-23)35-29-30(38-31(34)37-29)36-28(24-19-11-4-12-20-24)26(33)22-15-7-2-8-16-22/h1-20,27-28H. The zero-order chi connectivity index (χ0) is 26.3. The highest BCUT2D eigenvalue weighted by atomic mass is 32.2. The third-order valence-corrected chi connectivity index (χ3v) is 11.8. The molecular weight excluding hydrogens is 565 g/mol. The maximum atomic E-state index is 13.7. The molecule has 5 aromatic rings. The van der Waals surface area contributed by atoms with Gasteiger partial charge >= 0.3 is 0 Å². The maximum Gasteiger partial charge on any atom is 0.180 e. The van der Waals surface area contributed by atoms with Crippen molar-refractivity contribution in [1.82, 2.24) is 0 Å². The van der Waals surface area contributed by atoms with E-state index in [0.717, 1.165) is 22.7 Å². The smallest absolute Gasteiger partial charge is 0.180 e. The molecule has 0 aliphatic heterocycles. The monoisotopic (exact) mass is 586 g/mol. The van der Waals surface area contributed by atoms with Gasteiger partial charge in [-0.1, -0.05) is 157 Å². The summed E-state index contributed by atoms with van der Waals surface area (Å²) in [4.78, 5) is 27.4. The van der Waals surface area contributed by atoms with Crippen molar-refractivity contribution in [3.05, 3.63) is 147 Å². The molecule has 188 valence electrons. The molecule has 0 N–H and O–H groups in total. The van der Waals surface area contributed by atoms with Crippen LogP contribution >= 0.6 is 58.4 Å². The largest absolute Gasteiger partial charge is 0.293 e. The lowest BCUT2D eigenvalue weighted by Crippen LogP contribution is -2.10. The summed E-state index contributed by atoms with van der Waals surface area (Å²) in [6, 6.07) is 38.5. The molecule has 0 radical (unpaired) electrons. The minimum Gasteiger partial charge on any atom is -0.293 e. The molecule has 0 fully saturated rings. The van der Waals surface area contributed by atoms with Crippen LogP contribution in [0.3, 0.4) is 0 Å². The third-order valence-electron chi connectivity index (χ3n) is 5.77. The van der Waals surface area contributed by atoms with Crippen molar-refractivity contribution >= 4 is 70.0 Å². The molecule has 1 aromatic heterocycles. The summed E-state index contributed by atoms with van der Waals surface area (Å²) in [5.41, 5.74) is 3.21. The minimum absolute atomic E-state index is 0.0436. The lowest BCUT2D eigenvalue weighted by atomic mass is 10.0. The topological polar surface area (TPSA) is 34.1 Å². The van der Waals surface area contributed by atoms with Gasteiger partial charge in [-0.05, 0) is 11.1 Å². The van der Waals surface area contributed by atoms with E-state index in [1.54, 1.807) is 0 Å². The van der Waals surface area contributed by atoms with E-state index < -0.39 is 10.5 Å². The van der Waals surface area contributed by atoms with Crippen LogP contribution in [-0.4, -0.2) is 11.6 Å². The fourth-order valence-corrected chi connectivity index (χ4v) is 10.4. The average Bonchev–Trinajstić information content (AvgIpc) is 3.34. The van der Waals surface area contributed by atoms with Crippen molar-refractivity contribution in [2.75, 3.05) is 0 Å². The molecule has 0 spiro atoms. The number of hydrogen-bond donors (Lipinski definition) is 0. The maximum absolute atomic E-state index is 13.7. The zero-order valence-electron chi connectivity index (χ0n) is 20.1. The van der Waals surface area contributed by atoms with Crippen LogP contribution in [0.1, 0.15) is 42.3 Å². The van der Waals surface area contributed by atoms with E-state index in [4.69, 9.17) is 12.2 Å². The van der Waals surface area contributed by atoms with Crippen molar-refractivity contribution in [3.63, 3.8) is 0 Å². The molecule has 0 aliphatic rings. The van der Waals surface area contributed by atoms with E-state index in [9.17, 15) is 9.59 Å². The minimum atomic E-state index is -0.432. The van der Waals surface area contributed by atoms with Crippen LogP contribution in [0, 0.1) is 3.14 Å². The SMILES string of the molecule is O=C(c1ccccc1)C(Sc1sc(=S)sc1SC(C(=O)c1ccccc1)c1ccccc1)c1ccccc1. The van der Waals surface area contributed by atoms with E-state index in [0.29, 0.717) is 11.1 Å². The summed E-state index contributed by atoms with van der Waals surface area (Å²) >= 11 is 11.7. The Morgan fingerprint density at radius 1 is 0.526 bits per heavy atom. The summed E-state index contributed by atoms with van der Waals surface area (Å²) in [7, 11) is 0. The Labute approximate surface area is 243 Å². The fraction of sp³-hybridized carbons (Fsp3) is 0.0645. The summed E-state index contributed by atoms with van der Waals surface area (Å²) in [6.45, 7) is 0. The lowest BCUT2D eigenvalue weighted by molar-refractivity contribution is 0.0981. The zero-order valence-corrected chi connectivity index (χ0v) is 24.1. The van der Waals surface area contributed by atoms with Crippen molar-refractivity contribution in [2.45, 2.75) is 18.9 Å². The van der Waals surface area contributed by atoms with Gasteiger partial charge < -0.3 is 0 Å². The summed E-state index contributed by atoms with van der Waals surface area (Å²) in [6.07, 6.45) is 0. The Bertz CT molecular complexity index is 1450. The molecule has 2 atom stereocenters. The van der Waals surface area contributed by atoms with Gasteiger partial charge in [0.15, 0.2) is 11.6 Å². The first-order chi connectivity index (χ1) is 18.6. The Morgan fingerprint density at radius 2 is 0.842 bits per heavy atom. The van der Waals surface area contributed by atoms with Gasteiger partial charge in [0.25, 0.3) is 0 Å². The van der Waals surface area contributed by atoms with E-state index in [-0.39, 0.29) is 11.6 Å². The van der Waals surface area contributed by atoms with Crippen LogP contribution < -0.4 is 0 Å². The predicted octanol–water partition coefficient (Wildman–Crippen LogP) is 9.97. The molecule has 0 aliphatic carbocycles. The van der Waals surface area contributed by atoms with Crippen molar-refractivity contribution in [3.8, 4) is 0 Å². The predicted molar refractivity (Wildman–Crippen MR) is 165 cm³/mol. The Morgan fingerprint density at radius 3 is 1.18 bits per heavy atom. The second-order valence-electron chi connectivity index (χ2n) is 8.31. The lowest BCUT2D eigenvalue weighted by Gasteiger charge is -2.18. The van der Waals surface area contributed by atoms with Gasteiger partial charge in [-0.15, -0.1) is 22.7 Å². The second-order valence-corrected chi connectivity index (χ2v) is 14.3. The van der Waals surface area contributed by atoms with E-state index in [2.05, 4.69) is 0 Å². The van der Waals surface area contributed by atoms with Gasteiger partial charge in [-0.2, -0.15) is 0 Å². The molecule has 0 saturated carbocycles. The number of benzene rings is 4. The molecule has 38 heavy (non-hydrogen) atoms.